The summed E-state index contributed by atoms with van der Waals surface area (Å²) in [6.45, 7) is 1.63. The van der Waals surface area contributed by atoms with Crippen LogP contribution in [-0.4, -0.2) is 47.6 Å². The van der Waals surface area contributed by atoms with Crippen molar-refractivity contribution < 1.29 is 14.7 Å². The highest BCUT2D eigenvalue weighted by atomic mass is 16.4. The van der Waals surface area contributed by atoms with Crippen LogP contribution in [0.25, 0.3) is 0 Å². The van der Waals surface area contributed by atoms with Crippen LogP contribution in [0.3, 0.4) is 0 Å². The Labute approximate surface area is 125 Å². The van der Waals surface area contributed by atoms with Crippen molar-refractivity contribution in [1.82, 2.24) is 10.2 Å². The number of hydrogen-bond donors (Lipinski definition) is 2. The molecule has 2 N–H and O–H groups in total. The van der Waals surface area contributed by atoms with Gasteiger partial charge in [0, 0.05) is 25.6 Å². The first-order valence-corrected chi connectivity index (χ1v) is 8.37. The van der Waals surface area contributed by atoms with Crippen molar-refractivity contribution in [3.63, 3.8) is 0 Å². The van der Waals surface area contributed by atoms with E-state index in [9.17, 15) is 14.7 Å². The zero-order chi connectivity index (χ0) is 14.6. The van der Waals surface area contributed by atoms with Gasteiger partial charge in [-0.25, -0.2) is 4.79 Å². The maximum Gasteiger partial charge on any atom is 0.327 e. The molecular weight excluding hydrogens is 268 g/mol. The van der Waals surface area contributed by atoms with E-state index >= 15 is 0 Å². The summed E-state index contributed by atoms with van der Waals surface area (Å²) in [6.07, 6.45) is 6.18. The average Bonchev–Trinajstić information content (AvgIpc) is 2.46. The molecule has 0 spiro atoms. The van der Waals surface area contributed by atoms with E-state index in [1.54, 1.807) is 4.90 Å². The Balaban J connectivity index is 1.55. The first-order chi connectivity index (χ1) is 10.1. The third-order valence-corrected chi connectivity index (χ3v) is 6.32. The SMILES string of the molecule is O=C(O)C1CNCCN1C(=O)C1C2CC3CC(C2)CC1C3. The number of amides is 1. The number of piperazine rings is 1. The van der Waals surface area contributed by atoms with Crippen LogP contribution >= 0.6 is 0 Å². The van der Waals surface area contributed by atoms with Crippen molar-refractivity contribution in [3.8, 4) is 0 Å². The highest BCUT2D eigenvalue weighted by molar-refractivity contribution is 5.86. The third-order valence-electron chi connectivity index (χ3n) is 6.32. The van der Waals surface area contributed by atoms with E-state index in [-0.39, 0.29) is 11.8 Å². The minimum absolute atomic E-state index is 0.109. The molecule has 4 saturated carbocycles. The Morgan fingerprint density at radius 1 is 1.00 bits per heavy atom. The van der Waals surface area contributed by atoms with Crippen molar-refractivity contribution in [2.45, 2.75) is 38.1 Å². The number of nitrogens with zero attached hydrogens (tertiary/aromatic N) is 1. The first-order valence-electron chi connectivity index (χ1n) is 8.37. The summed E-state index contributed by atoms with van der Waals surface area (Å²) in [7, 11) is 0. The van der Waals surface area contributed by atoms with E-state index in [0.29, 0.717) is 31.5 Å². The molecule has 1 aliphatic heterocycles. The molecule has 0 aromatic carbocycles. The molecule has 0 aromatic rings. The van der Waals surface area contributed by atoms with Crippen LogP contribution in [-0.2, 0) is 9.59 Å². The molecule has 1 amide bonds. The van der Waals surface area contributed by atoms with E-state index in [4.69, 9.17) is 0 Å². The fraction of sp³-hybridized carbons (Fsp3) is 0.875. The van der Waals surface area contributed by atoms with Gasteiger partial charge in [-0.05, 0) is 55.8 Å². The normalized spacial score (nSPS) is 44.9. The molecule has 5 rings (SSSR count). The molecule has 1 unspecified atom stereocenters. The number of aliphatic carboxylic acids is 1. The van der Waals surface area contributed by atoms with Crippen LogP contribution in [0.1, 0.15) is 32.1 Å². The molecular formula is C16H24N2O3. The zero-order valence-corrected chi connectivity index (χ0v) is 12.3. The number of carboxylic acids is 1. The van der Waals surface area contributed by atoms with Gasteiger partial charge in [0.25, 0.3) is 0 Å². The fourth-order valence-electron chi connectivity index (χ4n) is 5.71. The summed E-state index contributed by atoms with van der Waals surface area (Å²) in [5.41, 5.74) is 0. The van der Waals surface area contributed by atoms with Gasteiger partial charge < -0.3 is 15.3 Å². The standard InChI is InChI=1S/C16H24N2O3/c19-15(18-2-1-17-8-13(18)16(20)21)14-11-4-9-3-10(6-11)7-12(14)5-9/h9-14,17H,1-8H2,(H,20,21). The molecule has 5 aliphatic rings. The van der Waals surface area contributed by atoms with E-state index < -0.39 is 12.0 Å². The number of carboxylic acid groups (broad SMARTS) is 1. The minimum atomic E-state index is -0.876. The van der Waals surface area contributed by atoms with Crippen molar-refractivity contribution >= 4 is 11.9 Å². The lowest BCUT2D eigenvalue weighted by Crippen LogP contribution is -2.61. The van der Waals surface area contributed by atoms with Crippen molar-refractivity contribution in [2.75, 3.05) is 19.6 Å². The topological polar surface area (TPSA) is 69.6 Å². The molecule has 0 radical (unpaired) electrons. The van der Waals surface area contributed by atoms with Crippen LogP contribution in [0.2, 0.25) is 0 Å². The number of carbonyl (C=O) groups excluding carboxylic acids is 1. The van der Waals surface area contributed by atoms with Gasteiger partial charge >= 0.3 is 5.97 Å². The zero-order valence-electron chi connectivity index (χ0n) is 12.3. The highest BCUT2D eigenvalue weighted by Gasteiger charge is 2.52. The second kappa shape index (κ2) is 4.97. The number of carbonyl (C=O) groups is 2. The molecule has 5 fully saturated rings. The average molecular weight is 292 g/mol. The van der Waals surface area contributed by atoms with Crippen molar-refractivity contribution in [3.05, 3.63) is 0 Å². The molecule has 1 saturated heterocycles. The summed E-state index contributed by atoms with van der Waals surface area (Å²) < 4.78 is 0. The van der Waals surface area contributed by atoms with Gasteiger partial charge in [0.2, 0.25) is 5.91 Å². The minimum Gasteiger partial charge on any atom is -0.480 e. The highest BCUT2D eigenvalue weighted by Crippen LogP contribution is 2.56. The molecule has 5 heteroatoms. The molecule has 5 nitrogen and oxygen atoms in total. The lowest BCUT2D eigenvalue weighted by Gasteiger charge is -2.54. The smallest absolute Gasteiger partial charge is 0.327 e. The summed E-state index contributed by atoms with van der Waals surface area (Å²) >= 11 is 0. The maximum atomic E-state index is 13.0. The Bertz CT molecular complexity index is 436. The van der Waals surface area contributed by atoms with Crippen LogP contribution in [0.15, 0.2) is 0 Å². The number of rotatable bonds is 2. The van der Waals surface area contributed by atoms with Crippen molar-refractivity contribution in [1.29, 1.82) is 0 Å². The molecule has 1 heterocycles. The summed E-state index contributed by atoms with van der Waals surface area (Å²) in [5.74, 6) is 2.11. The van der Waals surface area contributed by atoms with E-state index in [1.165, 1.54) is 32.1 Å². The first kappa shape index (κ1) is 13.6. The summed E-state index contributed by atoms with van der Waals surface area (Å²) in [5, 5.41) is 12.5. The Morgan fingerprint density at radius 3 is 2.19 bits per heavy atom. The van der Waals surface area contributed by atoms with E-state index in [2.05, 4.69) is 5.32 Å². The molecule has 1 atom stereocenters. The number of hydrogen-bond acceptors (Lipinski definition) is 3. The second-order valence-electron chi connectivity index (χ2n) is 7.55. The largest absolute Gasteiger partial charge is 0.480 e. The van der Waals surface area contributed by atoms with Gasteiger partial charge in [-0.3, -0.25) is 4.79 Å². The van der Waals surface area contributed by atoms with E-state index in [1.807, 2.05) is 0 Å². The monoisotopic (exact) mass is 292 g/mol. The van der Waals surface area contributed by atoms with Gasteiger partial charge in [-0.15, -0.1) is 0 Å². The molecule has 0 aromatic heterocycles. The lowest BCUT2D eigenvalue weighted by molar-refractivity contribution is -0.160. The van der Waals surface area contributed by atoms with Crippen LogP contribution in [0.4, 0.5) is 0 Å². The third kappa shape index (κ3) is 2.17. The molecule has 21 heavy (non-hydrogen) atoms. The number of nitrogens with one attached hydrogen (secondary N) is 1. The summed E-state index contributed by atoms with van der Waals surface area (Å²) in [4.78, 5) is 26.1. The van der Waals surface area contributed by atoms with Gasteiger partial charge in [-0.1, -0.05) is 0 Å². The van der Waals surface area contributed by atoms with Crippen LogP contribution in [0.5, 0.6) is 0 Å². The Kier molecular flexibility index (Phi) is 3.21. The van der Waals surface area contributed by atoms with Gasteiger partial charge in [-0.2, -0.15) is 0 Å². The maximum absolute atomic E-state index is 13.0. The lowest BCUT2D eigenvalue weighted by atomic mass is 9.51. The molecule has 4 bridgehead atoms. The van der Waals surface area contributed by atoms with Crippen molar-refractivity contribution in [2.24, 2.45) is 29.6 Å². The predicted octanol–water partition coefficient (Wildman–Crippen LogP) is 0.944. The van der Waals surface area contributed by atoms with Gasteiger partial charge in [0.1, 0.15) is 6.04 Å². The van der Waals surface area contributed by atoms with Gasteiger partial charge in [0.05, 0.1) is 0 Å². The Morgan fingerprint density at radius 2 is 1.62 bits per heavy atom. The fourth-order valence-corrected chi connectivity index (χ4v) is 5.71. The molecule has 116 valence electrons. The van der Waals surface area contributed by atoms with E-state index in [0.717, 1.165) is 11.8 Å². The Hall–Kier alpha value is -1.10. The van der Waals surface area contributed by atoms with Gasteiger partial charge in [0.15, 0.2) is 0 Å². The predicted molar refractivity (Wildman–Crippen MR) is 76.5 cm³/mol. The second-order valence-corrected chi connectivity index (χ2v) is 7.55. The quantitative estimate of drug-likeness (QED) is 0.795. The van der Waals surface area contributed by atoms with Crippen LogP contribution < -0.4 is 5.32 Å². The summed E-state index contributed by atoms with van der Waals surface area (Å²) in [6, 6.07) is -0.677. The van der Waals surface area contributed by atoms with Crippen LogP contribution in [0, 0.1) is 29.6 Å². The molecule has 4 aliphatic carbocycles.